The molecular formula is C8H10BrNO2. The van der Waals surface area contributed by atoms with Crippen molar-refractivity contribution in [2.45, 2.75) is 6.92 Å². The van der Waals surface area contributed by atoms with Crippen LogP contribution in [0.1, 0.15) is 17.5 Å². The lowest BCUT2D eigenvalue weighted by Gasteiger charge is -2.11. The molecule has 0 aliphatic carbocycles. The maximum absolute atomic E-state index is 11.4. The fourth-order valence-electron chi connectivity index (χ4n) is 0.761. The molecule has 0 saturated carbocycles. The molecule has 1 heterocycles. The number of amides is 1. The van der Waals surface area contributed by atoms with Gasteiger partial charge < -0.3 is 9.32 Å². The van der Waals surface area contributed by atoms with Gasteiger partial charge in [0.1, 0.15) is 0 Å². The van der Waals surface area contributed by atoms with Crippen LogP contribution in [0, 0.1) is 0 Å². The Hall–Kier alpha value is -0.770. The second-order valence-corrected chi connectivity index (χ2v) is 3.20. The minimum atomic E-state index is -0.0943. The molecule has 0 saturated heterocycles. The van der Waals surface area contributed by atoms with E-state index in [4.69, 9.17) is 4.42 Å². The van der Waals surface area contributed by atoms with Gasteiger partial charge in [0.2, 0.25) is 0 Å². The Morgan fingerprint density at radius 2 is 2.33 bits per heavy atom. The molecule has 0 bridgehead atoms. The van der Waals surface area contributed by atoms with Gasteiger partial charge in [0.15, 0.2) is 10.4 Å². The zero-order chi connectivity index (χ0) is 9.14. The Morgan fingerprint density at radius 1 is 1.67 bits per heavy atom. The number of hydrogen-bond acceptors (Lipinski definition) is 2. The second-order valence-electron chi connectivity index (χ2n) is 2.42. The van der Waals surface area contributed by atoms with Crippen LogP contribution in [0.3, 0.4) is 0 Å². The van der Waals surface area contributed by atoms with Gasteiger partial charge in [0.25, 0.3) is 5.91 Å². The van der Waals surface area contributed by atoms with E-state index in [9.17, 15) is 4.79 Å². The molecule has 0 N–H and O–H groups in total. The molecule has 1 amide bonds. The number of nitrogens with zero attached hydrogens (tertiary/aromatic N) is 1. The summed E-state index contributed by atoms with van der Waals surface area (Å²) in [5.41, 5.74) is 0. The Labute approximate surface area is 79.5 Å². The summed E-state index contributed by atoms with van der Waals surface area (Å²) in [6.45, 7) is 2.59. The van der Waals surface area contributed by atoms with Crippen LogP contribution in [0.25, 0.3) is 0 Å². The van der Waals surface area contributed by atoms with Gasteiger partial charge in [-0.3, -0.25) is 4.79 Å². The second kappa shape index (κ2) is 3.76. The molecule has 1 aromatic rings. The number of hydrogen-bond donors (Lipinski definition) is 0. The lowest BCUT2D eigenvalue weighted by Crippen LogP contribution is -2.25. The molecule has 12 heavy (non-hydrogen) atoms. The summed E-state index contributed by atoms with van der Waals surface area (Å²) < 4.78 is 5.67. The third-order valence-electron chi connectivity index (χ3n) is 1.61. The van der Waals surface area contributed by atoms with E-state index in [2.05, 4.69) is 15.9 Å². The van der Waals surface area contributed by atoms with E-state index in [0.29, 0.717) is 17.0 Å². The van der Waals surface area contributed by atoms with Crippen LogP contribution >= 0.6 is 15.9 Å². The van der Waals surface area contributed by atoms with Gasteiger partial charge in [-0.15, -0.1) is 0 Å². The Morgan fingerprint density at radius 3 is 2.75 bits per heavy atom. The molecule has 0 spiro atoms. The van der Waals surface area contributed by atoms with Crippen molar-refractivity contribution < 1.29 is 9.21 Å². The molecule has 0 radical (unpaired) electrons. The van der Waals surface area contributed by atoms with Crippen LogP contribution in [-0.2, 0) is 0 Å². The molecule has 0 aromatic carbocycles. The predicted octanol–water partition coefficient (Wildman–Crippen LogP) is 2.13. The lowest BCUT2D eigenvalue weighted by atomic mass is 10.4. The average Bonchev–Trinajstić information content (AvgIpc) is 2.49. The summed E-state index contributed by atoms with van der Waals surface area (Å²) in [5.74, 6) is 0.273. The van der Waals surface area contributed by atoms with Gasteiger partial charge >= 0.3 is 0 Å². The summed E-state index contributed by atoms with van der Waals surface area (Å²) in [5, 5.41) is 0. The number of halogens is 1. The van der Waals surface area contributed by atoms with E-state index in [1.807, 2.05) is 6.92 Å². The summed E-state index contributed by atoms with van der Waals surface area (Å²) in [7, 11) is 1.73. The first-order chi connectivity index (χ1) is 5.65. The van der Waals surface area contributed by atoms with Gasteiger partial charge in [-0.05, 0) is 35.0 Å². The first-order valence-electron chi connectivity index (χ1n) is 3.66. The molecule has 0 unspecified atom stereocenters. The van der Waals surface area contributed by atoms with Crippen molar-refractivity contribution >= 4 is 21.8 Å². The Balaban J connectivity index is 2.78. The van der Waals surface area contributed by atoms with Crippen molar-refractivity contribution in [1.29, 1.82) is 0 Å². The van der Waals surface area contributed by atoms with E-state index in [0.717, 1.165) is 0 Å². The Kier molecular flexibility index (Phi) is 2.92. The maximum atomic E-state index is 11.4. The van der Waals surface area contributed by atoms with E-state index < -0.39 is 0 Å². The summed E-state index contributed by atoms with van der Waals surface area (Å²) in [6, 6.07) is 3.36. The van der Waals surface area contributed by atoms with Crippen LogP contribution in [0.5, 0.6) is 0 Å². The fourth-order valence-corrected chi connectivity index (χ4v) is 1.07. The smallest absolute Gasteiger partial charge is 0.289 e. The highest BCUT2D eigenvalue weighted by Crippen LogP contribution is 2.14. The molecule has 0 atom stereocenters. The minimum Gasteiger partial charge on any atom is -0.444 e. The molecule has 1 aromatic heterocycles. The van der Waals surface area contributed by atoms with Crippen molar-refractivity contribution in [3.63, 3.8) is 0 Å². The molecule has 0 fully saturated rings. The topological polar surface area (TPSA) is 33.5 Å². The zero-order valence-corrected chi connectivity index (χ0v) is 8.59. The molecule has 1 rings (SSSR count). The largest absolute Gasteiger partial charge is 0.444 e. The van der Waals surface area contributed by atoms with Crippen LogP contribution in [0.4, 0.5) is 0 Å². The van der Waals surface area contributed by atoms with Gasteiger partial charge in [-0.25, -0.2) is 0 Å². The van der Waals surface area contributed by atoms with Crippen molar-refractivity contribution in [2.24, 2.45) is 0 Å². The number of carbonyl (C=O) groups excluding carboxylic acids is 1. The van der Waals surface area contributed by atoms with Crippen molar-refractivity contribution in [3.8, 4) is 0 Å². The van der Waals surface area contributed by atoms with Crippen LogP contribution in [-0.4, -0.2) is 24.4 Å². The third kappa shape index (κ3) is 1.88. The maximum Gasteiger partial charge on any atom is 0.289 e. The van der Waals surface area contributed by atoms with E-state index in [-0.39, 0.29) is 5.91 Å². The monoisotopic (exact) mass is 231 g/mol. The predicted molar refractivity (Wildman–Crippen MR) is 49.0 cm³/mol. The van der Waals surface area contributed by atoms with E-state index in [1.165, 1.54) is 0 Å². The SMILES string of the molecule is CCN(C)C(=O)c1ccc(Br)o1. The average molecular weight is 232 g/mol. The van der Waals surface area contributed by atoms with Gasteiger partial charge in [-0.2, -0.15) is 0 Å². The molecule has 0 aliphatic rings. The number of carbonyl (C=O) groups is 1. The lowest BCUT2D eigenvalue weighted by molar-refractivity contribution is 0.0769. The van der Waals surface area contributed by atoms with Crippen molar-refractivity contribution in [1.82, 2.24) is 4.90 Å². The zero-order valence-electron chi connectivity index (χ0n) is 7.00. The summed E-state index contributed by atoms with van der Waals surface area (Å²) in [4.78, 5) is 13.0. The van der Waals surface area contributed by atoms with Crippen molar-refractivity contribution in [3.05, 3.63) is 22.6 Å². The standard InChI is InChI=1S/C8H10BrNO2/c1-3-10(2)8(11)6-4-5-7(9)12-6/h4-5H,3H2,1-2H3. The van der Waals surface area contributed by atoms with E-state index in [1.54, 1.807) is 24.1 Å². The molecule has 3 nitrogen and oxygen atoms in total. The molecule has 66 valence electrons. The highest BCUT2D eigenvalue weighted by atomic mass is 79.9. The van der Waals surface area contributed by atoms with Crippen molar-refractivity contribution in [2.75, 3.05) is 13.6 Å². The number of furan rings is 1. The highest BCUT2D eigenvalue weighted by Gasteiger charge is 2.13. The minimum absolute atomic E-state index is 0.0943. The van der Waals surface area contributed by atoms with Gasteiger partial charge in [-0.1, -0.05) is 0 Å². The molecule has 4 heteroatoms. The first kappa shape index (κ1) is 9.32. The Bertz CT molecular complexity index is 282. The summed E-state index contributed by atoms with van der Waals surface area (Å²) in [6.07, 6.45) is 0. The highest BCUT2D eigenvalue weighted by molar-refractivity contribution is 9.10. The molecular weight excluding hydrogens is 222 g/mol. The van der Waals surface area contributed by atoms with Gasteiger partial charge in [0.05, 0.1) is 0 Å². The normalized spacial score (nSPS) is 9.92. The third-order valence-corrected chi connectivity index (χ3v) is 2.03. The quantitative estimate of drug-likeness (QED) is 0.782. The number of rotatable bonds is 2. The molecule has 0 aliphatic heterocycles. The van der Waals surface area contributed by atoms with Crippen LogP contribution in [0.2, 0.25) is 0 Å². The summed E-state index contributed by atoms with van der Waals surface area (Å²) >= 11 is 3.13. The van der Waals surface area contributed by atoms with Crippen LogP contribution < -0.4 is 0 Å². The van der Waals surface area contributed by atoms with E-state index >= 15 is 0 Å². The first-order valence-corrected chi connectivity index (χ1v) is 4.45. The van der Waals surface area contributed by atoms with Crippen LogP contribution in [0.15, 0.2) is 21.2 Å². The van der Waals surface area contributed by atoms with Gasteiger partial charge in [0, 0.05) is 13.6 Å². The fraction of sp³-hybridized carbons (Fsp3) is 0.375.